The highest BCUT2D eigenvalue weighted by molar-refractivity contribution is 7.17. The average Bonchev–Trinajstić information content (AvgIpc) is 2.96. The Hall–Kier alpha value is -2.18. The van der Waals surface area contributed by atoms with Gasteiger partial charge in [0.05, 0.1) is 5.39 Å². The molecule has 7 heteroatoms. The summed E-state index contributed by atoms with van der Waals surface area (Å²) in [4.78, 5) is 29.2. The van der Waals surface area contributed by atoms with Crippen LogP contribution in [-0.4, -0.2) is 20.6 Å². The first kappa shape index (κ1) is 16.7. The van der Waals surface area contributed by atoms with Crippen molar-refractivity contribution < 1.29 is 9.90 Å². The van der Waals surface area contributed by atoms with Crippen LogP contribution in [0.1, 0.15) is 19.2 Å². The number of fused-ring (bicyclic) bond motifs is 1. The van der Waals surface area contributed by atoms with Crippen LogP contribution in [-0.2, 0) is 17.8 Å². The molecule has 0 aliphatic carbocycles. The molecule has 1 aromatic carbocycles. The van der Waals surface area contributed by atoms with E-state index in [1.54, 1.807) is 12.1 Å². The van der Waals surface area contributed by atoms with Crippen molar-refractivity contribution in [3.63, 3.8) is 0 Å². The molecule has 0 aliphatic rings. The number of halogens is 1. The average molecular weight is 363 g/mol. The minimum Gasteiger partial charge on any atom is -0.480 e. The zero-order chi connectivity index (χ0) is 17.3. The van der Waals surface area contributed by atoms with Gasteiger partial charge in [0.15, 0.2) is 0 Å². The lowest BCUT2D eigenvalue weighted by Crippen LogP contribution is -2.28. The molecular weight excluding hydrogens is 348 g/mol. The minimum atomic E-state index is -1.06. The van der Waals surface area contributed by atoms with E-state index in [4.69, 9.17) is 16.7 Å². The van der Waals surface area contributed by atoms with Gasteiger partial charge >= 0.3 is 5.97 Å². The molecule has 0 saturated heterocycles. The fraction of sp³-hybridized carbons (Fsp3) is 0.235. The summed E-state index contributed by atoms with van der Waals surface area (Å²) in [6.07, 6.45) is 1.35. The van der Waals surface area contributed by atoms with Crippen molar-refractivity contribution in [3.05, 3.63) is 50.8 Å². The number of hydrogen-bond donors (Lipinski definition) is 1. The molecule has 0 radical (unpaired) electrons. The molecule has 2 heterocycles. The van der Waals surface area contributed by atoms with Crippen molar-refractivity contribution in [2.45, 2.75) is 26.3 Å². The van der Waals surface area contributed by atoms with E-state index in [1.807, 2.05) is 24.4 Å². The summed E-state index contributed by atoms with van der Waals surface area (Å²) in [7, 11) is 0. The van der Waals surface area contributed by atoms with Crippen LogP contribution in [0.3, 0.4) is 0 Å². The van der Waals surface area contributed by atoms with Gasteiger partial charge in [-0.25, -0.2) is 4.98 Å². The Kier molecular flexibility index (Phi) is 4.69. The highest BCUT2D eigenvalue weighted by atomic mass is 35.5. The van der Waals surface area contributed by atoms with Gasteiger partial charge in [-0.1, -0.05) is 30.7 Å². The predicted molar refractivity (Wildman–Crippen MR) is 96.0 cm³/mol. The molecule has 0 saturated carbocycles. The number of carboxylic acid groups (broad SMARTS) is 1. The van der Waals surface area contributed by atoms with Gasteiger partial charge < -0.3 is 5.11 Å². The van der Waals surface area contributed by atoms with Crippen LogP contribution in [0.15, 0.2) is 34.4 Å². The van der Waals surface area contributed by atoms with E-state index in [1.165, 1.54) is 15.9 Å². The van der Waals surface area contributed by atoms with Gasteiger partial charge in [-0.15, -0.1) is 11.3 Å². The molecule has 0 atom stereocenters. The van der Waals surface area contributed by atoms with Crippen molar-refractivity contribution in [2.75, 3.05) is 0 Å². The number of aliphatic carboxylic acids is 1. The standard InChI is InChI=1S/C17H15ClN2O3S/c1-2-3-13-19-16-15(17(23)20(13)8-14(21)22)12(9-24-16)10-4-6-11(18)7-5-10/h4-7,9H,2-3,8H2,1H3,(H,21,22). The summed E-state index contributed by atoms with van der Waals surface area (Å²) < 4.78 is 1.26. The summed E-state index contributed by atoms with van der Waals surface area (Å²) in [6, 6.07) is 7.19. The Balaban J connectivity index is 2.26. The zero-order valence-electron chi connectivity index (χ0n) is 13.0. The number of thiophene rings is 1. The summed E-state index contributed by atoms with van der Waals surface area (Å²) in [6.45, 7) is 1.59. The van der Waals surface area contributed by atoms with E-state index in [9.17, 15) is 9.59 Å². The fourth-order valence-electron chi connectivity index (χ4n) is 2.62. The van der Waals surface area contributed by atoms with E-state index >= 15 is 0 Å². The van der Waals surface area contributed by atoms with Crippen molar-refractivity contribution >= 4 is 39.1 Å². The van der Waals surface area contributed by atoms with Gasteiger partial charge in [-0.2, -0.15) is 0 Å². The fourth-order valence-corrected chi connectivity index (χ4v) is 3.70. The number of aryl methyl sites for hydroxylation is 1. The smallest absolute Gasteiger partial charge is 0.323 e. The Morgan fingerprint density at radius 3 is 2.67 bits per heavy atom. The second kappa shape index (κ2) is 6.75. The summed E-state index contributed by atoms with van der Waals surface area (Å²) in [5.41, 5.74) is 1.30. The number of hydrogen-bond acceptors (Lipinski definition) is 4. The summed E-state index contributed by atoms with van der Waals surface area (Å²) in [5.74, 6) is -0.541. The number of rotatable bonds is 5. The van der Waals surface area contributed by atoms with Crippen LogP contribution in [0.4, 0.5) is 0 Å². The van der Waals surface area contributed by atoms with Crippen LogP contribution in [0.2, 0.25) is 5.02 Å². The molecule has 0 unspecified atom stereocenters. The molecular formula is C17H15ClN2O3S. The number of carbonyl (C=O) groups is 1. The lowest BCUT2D eigenvalue weighted by atomic mass is 10.1. The van der Waals surface area contributed by atoms with Crippen LogP contribution in [0.25, 0.3) is 21.3 Å². The molecule has 0 spiro atoms. The largest absolute Gasteiger partial charge is 0.480 e. The second-order valence-corrected chi connectivity index (χ2v) is 6.69. The summed E-state index contributed by atoms with van der Waals surface area (Å²) >= 11 is 7.31. The molecule has 3 aromatic rings. The highest BCUT2D eigenvalue weighted by Gasteiger charge is 2.18. The molecule has 0 aliphatic heterocycles. The number of carboxylic acids is 1. The Bertz CT molecular complexity index is 960. The molecule has 3 rings (SSSR count). The van der Waals surface area contributed by atoms with E-state index < -0.39 is 5.97 Å². The van der Waals surface area contributed by atoms with Crippen LogP contribution in [0, 0.1) is 0 Å². The van der Waals surface area contributed by atoms with Gasteiger partial charge in [0, 0.05) is 22.4 Å². The topological polar surface area (TPSA) is 72.2 Å². The van der Waals surface area contributed by atoms with Crippen molar-refractivity contribution in [1.82, 2.24) is 9.55 Å². The van der Waals surface area contributed by atoms with Gasteiger partial charge in [-0.3, -0.25) is 14.2 Å². The van der Waals surface area contributed by atoms with Crippen LogP contribution >= 0.6 is 22.9 Å². The first-order chi connectivity index (χ1) is 11.5. The van der Waals surface area contributed by atoms with Gasteiger partial charge in [0.1, 0.15) is 17.2 Å². The molecule has 0 amide bonds. The van der Waals surface area contributed by atoms with Crippen molar-refractivity contribution in [1.29, 1.82) is 0 Å². The molecule has 5 nitrogen and oxygen atoms in total. The minimum absolute atomic E-state index is 0.308. The molecule has 0 fully saturated rings. The predicted octanol–water partition coefficient (Wildman–Crippen LogP) is 3.82. The van der Waals surface area contributed by atoms with Gasteiger partial charge in [-0.05, 0) is 24.1 Å². The number of nitrogens with zero attached hydrogens (tertiary/aromatic N) is 2. The maximum absolute atomic E-state index is 12.9. The van der Waals surface area contributed by atoms with Crippen molar-refractivity contribution in [2.24, 2.45) is 0 Å². The zero-order valence-corrected chi connectivity index (χ0v) is 14.5. The number of benzene rings is 1. The molecule has 1 N–H and O–H groups in total. The SMILES string of the molecule is CCCc1nc2scc(-c3ccc(Cl)cc3)c2c(=O)n1CC(=O)O. The third-order valence-electron chi connectivity index (χ3n) is 3.70. The molecule has 124 valence electrons. The van der Waals surface area contributed by atoms with Gasteiger partial charge in [0.25, 0.3) is 5.56 Å². The Labute approximate surface area is 147 Å². The lowest BCUT2D eigenvalue weighted by Gasteiger charge is -2.10. The quantitative estimate of drug-likeness (QED) is 0.749. The van der Waals surface area contributed by atoms with Gasteiger partial charge in [0.2, 0.25) is 0 Å². The van der Waals surface area contributed by atoms with Crippen LogP contribution in [0.5, 0.6) is 0 Å². The maximum Gasteiger partial charge on any atom is 0.323 e. The molecule has 2 aromatic heterocycles. The first-order valence-corrected chi connectivity index (χ1v) is 8.75. The molecule has 24 heavy (non-hydrogen) atoms. The van der Waals surface area contributed by atoms with Crippen LogP contribution < -0.4 is 5.56 Å². The van der Waals surface area contributed by atoms with E-state index in [-0.39, 0.29) is 12.1 Å². The van der Waals surface area contributed by atoms with E-state index in [2.05, 4.69) is 4.98 Å². The first-order valence-electron chi connectivity index (χ1n) is 7.50. The Morgan fingerprint density at radius 2 is 2.04 bits per heavy atom. The molecule has 0 bridgehead atoms. The Morgan fingerprint density at radius 1 is 1.33 bits per heavy atom. The van der Waals surface area contributed by atoms with E-state index in [0.717, 1.165) is 17.5 Å². The number of aromatic nitrogens is 2. The monoisotopic (exact) mass is 362 g/mol. The van der Waals surface area contributed by atoms with Crippen molar-refractivity contribution in [3.8, 4) is 11.1 Å². The lowest BCUT2D eigenvalue weighted by molar-refractivity contribution is -0.137. The maximum atomic E-state index is 12.9. The van der Waals surface area contributed by atoms with E-state index in [0.29, 0.717) is 27.5 Å². The highest BCUT2D eigenvalue weighted by Crippen LogP contribution is 2.31. The third kappa shape index (κ3) is 3.07. The summed E-state index contributed by atoms with van der Waals surface area (Å²) in [5, 5.41) is 12.1. The normalized spacial score (nSPS) is 11.1. The second-order valence-electron chi connectivity index (χ2n) is 5.40. The third-order valence-corrected chi connectivity index (χ3v) is 4.82.